The number of nitrogens with two attached hydrogens (primary N) is 1. The van der Waals surface area contributed by atoms with Gasteiger partial charge in [0.05, 0.1) is 0 Å². The number of hydrogen-bond acceptors (Lipinski definition) is 3. The summed E-state index contributed by atoms with van der Waals surface area (Å²) in [4.78, 5) is 12.8. The van der Waals surface area contributed by atoms with Gasteiger partial charge in [0.25, 0.3) is 0 Å². The highest BCUT2D eigenvalue weighted by atomic mass is 16.5. The third kappa shape index (κ3) is 3.04. The monoisotopic (exact) mass is 305 g/mol. The van der Waals surface area contributed by atoms with Crippen molar-refractivity contribution in [1.82, 2.24) is 0 Å². The van der Waals surface area contributed by atoms with Crippen LogP contribution in [0, 0.1) is 6.92 Å². The van der Waals surface area contributed by atoms with Crippen molar-refractivity contribution in [3.05, 3.63) is 71.8 Å². The highest BCUT2D eigenvalue weighted by molar-refractivity contribution is 6.10. The zero-order valence-corrected chi connectivity index (χ0v) is 13.2. The molecule has 0 saturated heterocycles. The lowest BCUT2D eigenvalue weighted by Crippen LogP contribution is -2.24. The van der Waals surface area contributed by atoms with E-state index in [-0.39, 0.29) is 5.78 Å². The fourth-order valence-electron chi connectivity index (χ4n) is 2.69. The molecular formula is C20H19NO2. The normalized spacial score (nSPS) is 12.1. The summed E-state index contributed by atoms with van der Waals surface area (Å²) in [5, 5.41) is 2.06. The molecule has 0 bridgehead atoms. The molecule has 1 unspecified atom stereocenters. The van der Waals surface area contributed by atoms with Gasteiger partial charge < -0.3 is 10.5 Å². The lowest BCUT2D eigenvalue weighted by atomic mass is 9.96. The van der Waals surface area contributed by atoms with Gasteiger partial charge in [0, 0.05) is 11.3 Å². The topological polar surface area (TPSA) is 52.3 Å². The number of Topliss-reactive ketones (excluding diaryl/α,β-unsaturated/α-hetero) is 1. The Hall–Kier alpha value is -2.81. The molecular weight excluding hydrogens is 286 g/mol. The van der Waals surface area contributed by atoms with Gasteiger partial charge in [0.1, 0.15) is 5.75 Å². The van der Waals surface area contributed by atoms with E-state index in [1.165, 1.54) is 0 Å². The molecule has 0 fully saturated rings. The van der Waals surface area contributed by atoms with Crippen LogP contribution in [0.1, 0.15) is 22.8 Å². The van der Waals surface area contributed by atoms with Gasteiger partial charge in [0.2, 0.25) is 5.78 Å². The van der Waals surface area contributed by atoms with Crippen molar-refractivity contribution in [2.45, 2.75) is 20.0 Å². The van der Waals surface area contributed by atoms with Gasteiger partial charge in [-0.3, -0.25) is 4.79 Å². The number of ketones is 1. The maximum absolute atomic E-state index is 12.8. The van der Waals surface area contributed by atoms with Crippen molar-refractivity contribution in [2.24, 2.45) is 0 Å². The molecule has 3 nitrogen and oxygen atoms in total. The lowest BCUT2D eigenvalue weighted by molar-refractivity contribution is 0.0820. The lowest BCUT2D eigenvalue weighted by Gasteiger charge is -2.15. The molecule has 23 heavy (non-hydrogen) atoms. The molecule has 0 heterocycles. The Balaban J connectivity index is 1.91. The quantitative estimate of drug-likeness (QED) is 0.575. The first kappa shape index (κ1) is 15.1. The summed E-state index contributed by atoms with van der Waals surface area (Å²) in [5.74, 6) is 0.606. The number of fused-ring (bicyclic) bond motifs is 1. The van der Waals surface area contributed by atoms with E-state index in [1.54, 1.807) is 31.2 Å². The zero-order chi connectivity index (χ0) is 16.4. The number of ether oxygens (including phenoxy) is 1. The molecule has 0 amide bonds. The summed E-state index contributed by atoms with van der Waals surface area (Å²) < 4.78 is 5.76. The standard InChI is InChI=1S/C20H19NO2/c1-13-7-12-19(18-6-4-3-5-17(13)18)20(22)14(2)23-16-10-8-15(21)9-11-16/h3-12,14H,21H2,1-2H3. The van der Waals surface area contributed by atoms with E-state index in [1.807, 2.05) is 43.3 Å². The van der Waals surface area contributed by atoms with E-state index < -0.39 is 6.10 Å². The Kier molecular flexibility index (Phi) is 4.02. The molecule has 0 saturated carbocycles. The van der Waals surface area contributed by atoms with Crippen LogP contribution < -0.4 is 10.5 Å². The number of carbonyl (C=O) groups is 1. The third-order valence-electron chi connectivity index (χ3n) is 3.97. The molecule has 1 atom stereocenters. The fourth-order valence-corrected chi connectivity index (χ4v) is 2.69. The van der Waals surface area contributed by atoms with E-state index in [2.05, 4.69) is 0 Å². The van der Waals surface area contributed by atoms with Crippen LogP contribution in [0.2, 0.25) is 0 Å². The van der Waals surface area contributed by atoms with Gasteiger partial charge in [-0.2, -0.15) is 0 Å². The molecule has 0 aliphatic rings. The maximum atomic E-state index is 12.8. The van der Waals surface area contributed by atoms with Gasteiger partial charge >= 0.3 is 0 Å². The van der Waals surface area contributed by atoms with Crippen LogP contribution in [-0.4, -0.2) is 11.9 Å². The highest BCUT2D eigenvalue weighted by Crippen LogP contribution is 2.24. The largest absolute Gasteiger partial charge is 0.483 e. The molecule has 3 rings (SSSR count). The first-order valence-corrected chi connectivity index (χ1v) is 7.61. The minimum absolute atomic E-state index is 0.0296. The smallest absolute Gasteiger partial charge is 0.203 e. The van der Waals surface area contributed by atoms with Crippen molar-refractivity contribution in [2.75, 3.05) is 5.73 Å². The highest BCUT2D eigenvalue weighted by Gasteiger charge is 2.19. The second kappa shape index (κ2) is 6.13. The van der Waals surface area contributed by atoms with E-state index in [4.69, 9.17) is 10.5 Å². The molecule has 2 N–H and O–H groups in total. The molecule has 116 valence electrons. The maximum Gasteiger partial charge on any atom is 0.203 e. The van der Waals surface area contributed by atoms with Crippen molar-refractivity contribution in [1.29, 1.82) is 0 Å². The van der Waals surface area contributed by atoms with E-state index in [9.17, 15) is 4.79 Å². The predicted molar refractivity (Wildman–Crippen MR) is 94.0 cm³/mol. The summed E-state index contributed by atoms with van der Waals surface area (Å²) in [6.45, 7) is 3.82. The minimum Gasteiger partial charge on any atom is -0.483 e. The molecule has 3 aromatic rings. The van der Waals surface area contributed by atoms with Gasteiger partial charge in [-0.15, -0.1) is 0 Å². The van der Waals surface area contributed by atoms with Crippen molar-refractivity contribution >= 4 is 22.2 Å². The van der Waals surface area contributed by atoms with Crippen molar-refractivity contribution in [3.63, 3.8) is 0 Å². The molecule has 0 aliphatic heterocycles. The van der Waals surface area contributed by atoms with Gasteiger partial charge in [0.15, 0.2) is 6.10 Å². The SMILES string of the molecule is Cc1ccc(C(=O)C(C)Oc2ccc(N)cc2)c2ccccc12. The van der Waals surface area contributed by atoms with E-state index in [0.29, 0.717) is 17.0 Å². The van der Waals surface area contributed by atoms with Crippen LogP contribution in [0.5, 0.6) is 5.75 Å². The molecule has 3 heteroatoms. The summed E-state index contributed by atoms with van der Waals surface area (Å²) >= 11 is 0. The van der Waals surface area contributed by atoms with Crippen LogP contribution in [0.3, 0.4) is 0 Å². The van der Waals surface area contributed by atoms with E-state index >= 15 is 0 Å². The fraction of sp³-hybridized carbons (Fsp3) is 0.150. The molecule has 0 aliphatic carbocycles. The van der Waals surface area contributed by atoms with Crippen LogP contribution >= 0.6 is 0 Å². The number of rotatable bonds is 4. The van der Waals surface area contributed by atoms with Gasteiger partial charge in [-0.1, -0.05) is 36.4 Å². The number of benzene rings is 3. The van der Waals surface area contributed by atoms with Gasteiger partial charge in [-0.25, -0.2) is 0 Å². The van der Waals surface area contributed by atoms with Crippen LogP contribution in [0.15, 0.2) is 60.7 Å². The average Bonchev–Trinajstić information content (AvgIpc) is 2.57. The first-order valence-electron chi connectivity index (χ1n) is 7.61. The molecule has 0 aromatic heterocycles. The van der Waals surface area contributed by atoms with Crippen LogP contribution in [0.25, 0.3) is 10.8 Å². The Labute approximate surface area is 135 Å². The van der Waals surface area contributed by atoms with E-state index in [0.717, 1.165) is 16.3 Å². The Morgan fingerprint density at radius 1 is 0.957 bits per heavy atom. The van der Waals surface area contributed by atoms with Gasteiger partial charge in [-0.05, 0) is 54.4 Å². The zero-order valence-electron chi connectivity index (χ0n) is 13.2. The number of hydrogen-bond donors (Lipinski definition) is 1. The summed E-state index contributed by atoms with van der Waals surface area (Å²) in [6, 6.07) is 18.9. The average molecular weight is 305 g/mol. The van der Waals surface area contributed by atoms with Crippen molar-refractivity contribution < 1.29 is 9.53 Å². The number of anilines is 1. The molecule has 3 aromatic carbocycles. The van der Waals surface area contributed by atoms with Crippen molar-refractivity contribution in [3.8, 4) is 5.75 Å². The Morgan fingerprint density at radius 2 is 1.61 bits per heavy atom. The summed E-state index contributed by atoms with van der Waals surface area (Å²) in [7, 11) is 0. The number of nitrogen functional groups attached to an aromatic ring is 1. The first-order chi connectivity index (χ1) is 11.1. The second-order valence-corrected chi connectivity index (χ2v) is 5.67. The minimum atomic E-state index is -0.565. The third-order valence-corrected chi connectivity index (χ3v) is 3.97. The number of carbonyl (C=O) groups excluding carboxylic acids is 1. The molecule has 0 radical (unpaired) electrons. The van der Waals surface area contributed by atoms with Crippen LogP contribution in [-0.2, 0) is 0 Å². The second-order valence-electron chi connectivity index (χ2n) is 5.67. The number of aryl methyl sites for hydroxylation is 1. The predicted octanol–water partition coefficient (Wildman–Crippen LogP) is 4.38. The molecule has 0 spiro atoms. The van der Waals surface area contributed by atoms with Crippen LogP contribution in [0.4, 0.5) is 5.69 Å². The summed E-state index contributed by atoms with van der Waals surface area (Å²) in [6.07, 6.45) is -0.565. The Bertz CT molecular complexity index is 853. The summed E-state index contributed by atoms with van der Waals surface area (Å²) in [5.41, 5.74) is 8.18. The Morgan fingerprint density at radius 3 is 2.30 bits per heavy atom.